The first kappa shape index (κ1) is 14.4. The van der Waals surface area contributed by atoms with E-state index >= 15 is 0 Å². The first-order valence-electron chi connectivity index (χ1n) is 5.60. The number of rotatable bonds is 3. The molecule has 2 aromatic rings. The van der Waals surface area contributed by atoms with Crippen LogP contribution in [0.15, 0.2) is 47.6 Å². The lowest BCUT2D eigenvalue weighted by Gasteiger charge is -2.06. The zero-order chi connectivity index (χ0) is 14.5. The number of hydrogen-bond donors (Lipinski definition) is 1. The van der Waals surface area contributed by atoms with E-state index in [-0.39, 0.29) is 10.6 Å². The van der Waals surface area contributed by atoms with Crippen molar-refractivity contribution in [2.75, 3.05) is 0 Å². The molecule has 2 N–H and O–H groups in total. The second kappa shape index (κ2) is 6.41. The Kier molecular flexibility index (Phi) is 4.61. The monoisotopic (exact) mass is 308 g/mol. The van der Waals surface area contributed by atoms with Gasteiger partial charge in [-0.3, -0.25) is 0 Å². The molecular formula is C14H10Cl2N2O2. The molecule has 0 atom stereocenters. The molecule has 0 radical (unpaired) electrons. The Hall–Kier alpha value is -2.04. The summed E-state index contributed by atoms with van der Waals surface area (Å²) in [5.74, 6) is 4.88. The molecule has 0 amide bonds. The average molecular weight is 309 g/mol. The SMILES string of the molecule is NN=Cc1cccc(OC(=O)c2ccc(Cl)cc2Cl)c1. The number of carbonyl (C=O) groups is 1. The van der Waals surface area contributed by atoms with Gasteiger partial charge in [-0.1, -0.05) is 35.3 Å². The quantitative estimate of drug-likeness (QED) is 0.310. The van der Waals surface area contributed by atoms with Crippen LogP contribution in [0.4, 0.5) is 0 Å². The summed E-state index contributed by atoms with van der Waals surface area (Å²) < 4.78 is 5.24. The van der Waals surface area contributed by atoms with E-state index in [0.717, 1.165) is 5.56 Å². The molecule has 0 aliphatic carbocycles. The molecule has 0 saturated carbocycles. The summed E-state index contributed by atoms with van der Waals surface area (Å²) in [7, 11) is 0. The highest BCUT2D eigenvalue weighted by atomic mass is 35.5. The van der Waals surface area contributed by atoms with Gasteiger partial charge in [-0.15, -0.1) is 0 Å². The Morgan fingerprint density at radius 1 is 1.20 bits per heavy atom. The number of ether oxygens (including phenoxy) is 1. The minimum Gasteiger partial charge on any atom is -0.423 e. The lowest BCUT2D eigenvalue weighted by Crippen LogP contribution is -2.09. The average Bonchev–Trinajstić information content (AvgIpc) is 2.39. The van der Waals surface area contributed by atoms with Gasteiger partial charge in [-0.2, -0.15) is 5.10 Å². The van der Waals surface area contributed by atoms with E-state index in [1.165, 1.54) is 18.3 Å². The molecule has 0 bridgehead atoms. The number of halogens is 2. The van der Waals surface area contributed by atoms with Crippen LogP contribution in [0.2, 0.25) is 10.0 Å². The fourth-order valence-corrected chi connectivity index (χ4v) is 2.05. The van der Waals surface area contributed by atoms with Crippen LogP contribution in [0.3, 0.4) is 0 Å². The summed E-state index contributed by atoms with van der Waals surface area (Å²) in [6.45, 7) is 0. The van der Waals surface area contributed by atoms with Crippen molar-refractivity contribution < 1.29 is 9.53 Å². The molecule has 0 unspecified atom stereocenters. The van der Waals surface area contributed by atoms with Crippen molar-refractivity contribution in [1.29, 1.82) is 0 Å². The van der Waals surface area contributed by atoms with Crippen LogP contribution in [0.5, 0.6) is 5.75 Å². The Morgan fingerprint density at radius 3 is 2.70 bits per heavy atom. The second-order valence-corrected chi connectivity index (χ2v) is 4.71. The summed E-state index contributed by atoms with van der Waals surface area (Å²) in [6.07, 6.45) is 1.45. The van der Waals surface area contributed by atoms with Gasteiger partial charge < -0.3 is 10.6 Å². The topological polar surface area (TPSA) is 64.7 Å². The molecule has 0 fully saturated rings. The number of esters is 1. The fourth-order valence-electron chi connectivity index (χ4n) is 1.56. The van der Waals surface area contributed by atoms with E-state index in [1.807, 2.05) is 0 Å². The van der Waals surface area contributed by atoms with Crippen molar-refractivity contribution in [3.8, 4) is 5.75 Å². The van der Waals surface area contributed by atoms with Crippen molar-refractivity contribution in [3.05, 3.63) is 63.6 Å². The number of hydrogen-bond acceptors (Lipinski definition) is 4. The highest BCUT2D eigenvalue weighted by Crippen LogP contribution is 2.23. The molecule has 0 aliphatic rings. The van der Waals surface area contributed by atoms with Gasteiger partial charge >= 0.3 is 5.97 Å². The maximum atomic E-state index is 12.0. The van der Waals surface area contributed by atoms with Crippen molar-refractivity contribution in [2.45, 2.75) is 0 Å². The molecule has 0 heterocycles. The van der Waals surface area contributed by atoms with Crippen LogP contribution in [-0.4, -0.2) is 12.2 Å². The molecule has 2 rings (SSSR count). The molecule has 0 aromatic heterocycles. The van der Waals surface area contributed by atoms with E-state index in [1.54, 1.807) is 30.3 Å². The molecule has 6 heteroatoms. The second-order valence-electron chi connectivity index (χ2n) is 3.86. The zero-order valence-electron chi connectivity index (χ0n) is 10.2. The van der Waals surface area contributed by atoms with Crippen LogP contribution < -0.4 is 10.6 Å². The fraction of sp³-hybridized carbons (Fsp3) is 0. The number of nitrogens with two attached hydrogens (primary N) is 1. The molecule has 102 valence electrons. The van der Waals surface area contributed by atoms with Crippen LogP contribution in [0, 0.1) is 0 Å². The maximum Gasteiger partial charge on any atom is 0.345 e. The third-order valence-corrected chi connectivity index (χ3v) is 2.99. The van der Waals surface area contributed by atoms with Gasteiger partial charge in [0, 0.05) is 5.02 Å². The molecule has 2 aromatic carbocycles. The lowest BCUT2D eigenvalue weighted by atomic mass is 10.2. The van der Waals surface area contributed by atoms with E-state index in [0.29, 0.717) is 10.8 Å². The highest BCUT2D eigenvalue weighted by Gasteiger charge is 2.13. The Bertz CT molecular complexity index is 672. The Labute approximate surface area is 125 Å². The van der Waals surface area contributed by atoms with E-state index < -0.39 is 5.97 Å². The van der Waals surface area contributed by atoms with Crippen LogP contribution in [-0.2, 0) is 0 Å². The smallest absolute Gasteiger partial charge is 0.345 e. The van der Waals surface area contributed by atoms with Crippen molar-refractivity contribution in [2.24, 2.45) is 10.9 Å². The first-order valence-corrected chi connectivity index (χ1v) is 6.36. The van der Waals surface area contributed by atoms with E-state index in [2.05, 4.69) is 5.10 Å². The van der Waals surface area contributed by atoms with E-state index in [4.69, 9.17) is 33.8 Å². The van der Waals surface area contributed by atoms with Crippen molar-refractivity contribution >= 4 is 35.4 Å². The van der Waals surface area contributed by atoms with Crippen molar-refractivity contribution in [1.82, 2.24) is 0 Å². The summed E-state index contributed by atoms with van der Waals surface area (Å²) in [5, 5.41) is 4.10. The van der Waals surface area contributed by atoms with Gasteiger partial charge in [0.05, 0.1) is 16.8 Å². The summed E-state index contributed by atoms with van der Waals surface area (Å²) in [5.41, 5.74) is 0.967. The molecule has 20 heavy (non-hydrogen) atoms. The third kappa shape index (κ3) is 3.50. The number of nitrogens with zero attached hydrogens (tertiary/aromatic N) is 1. The Balaban J connectivity index is 2.21. The van der Waals surface area contributed by atoms with Gasteiger partial charge in [0.1, 0.15) is 5.75 Å². The molecule has 0 saturated heterocycles. The largest absolute Gasteiger partial charge is 0.423 e. The maximum absolute atomic E-state index is 12.0. The standard InChI is InChI=1S/C14H10Cl2N2O2/c15-10-4-5-12(13(16)7-10)14(19)20-11-3-1-2-9(6-11)8-18-17/h1-8H,17H2. The van der Waals surface area contributed by atoms with Gasteiger partial charge in [-0.05, 0) is 35.9 Å². The van der Waals surface area contributed by atoms with Crippen LogP contribution in [0.25, 0.3) is 0 Å². The molecule has 0 spiro atoms. The lowest BCUT2D eigenvalue weighted by molar-refractivity contribution is 0.0735. The van der Waals surface area contributed by atoms with Crippen LogP contribution in [0.1, 0.15) is 15.9 Å². The van der Waals surface area contributed by atoms with E-state index in [9.17, 15) is 4.79 Å². The Morgan fingerprint density at radius 2 is 2.00 bits per heavy atom. The predicted molar refractivity (Wildman–Crippen MR) is 79.6 cm³/mol. The summed E-state index contributed by atoms with van der Waals surface area (Å²) >= 11 is 11.7. The number of benzene rings is 2. The summed E-state index contributed by atoms with van der Waals surface area (Å²) in [4.78, 5) is 12.0. The molecule has 0 aliphatic heterocycles. The third-order valence-electron chi connectivity index (χ3n) is 2.44. The zero-order valence-corrected chi connectivity index (χ0v) is 11.7. The minimum absolute atomic E-state index is 0.238. The minimum atomic E-state index is -0.562. The number of hydrazone groups is 1. The van der Waals surface area contributed by atoms with Crippen molar-refractivity contribution in [3.63, 3.8) is 0 Å². The normalized spacial score (nSPS) is 10.7. The first-order chi connectivity index (χ1) is 9.60. The molecule has 4 nitrogen and oxygen atoms in total. The highest BCUT2D eigenvalue weighted by molar-refractivity contribution is 6.36. The van der Waals surface area contributed by atoms with Gasteiger partial charge in [0.15, 0.2) is 0 Å². The van der Waals surface area contributed by atoms with Gasteiger partial charge in [0.2, 0.25) is 0 Å². The number of carbonyl (C=O) groups excluding carboxylic acids is 1. The van der Waals surface area contributed by atoms with Gasteiger partial charge in [0.25, 0.3) is 0 Å². The summed E-state index contributed by atoms with van der Waals surface area (Å²) in [6, 6.07) is 11.4. The van der Waals surface area contributed by atoms with Crippen LogP contribution >= 0.6 is 23.2 Å². The predicted octanol–water partition coefficient (Wildman–Crippen LogP) is 3.51. The van der Waals surface area contributed by atoms with Gasteiger partial charge in [-0.25, -0.2) is 4.79 Å². The molecular weight excluding hydrogens is 299 g/mol.